The molecule has 12 heavy (non-hydrogen) atoms. The Morgan fingerprint density at radius 1 is 1.58 bits per heavy atom. The van der Waals surface area contributed by atoms with E-state index in [1.54, 1.807) is 0 Å². The Balaban J connectivity index is 2.29. The highest BCUT2D eigenvalue weighted by Crippen LogP contribution is 2.21. The van der Waals surface area contributed by atoms with E-state index in [1.165, 1.54) is 11.3 Å². The van der Waals surface area contributed by atoms with Gasteiger partial charge >= 0.3 is 5.37 Å². The highest BCUT2D eigenvalue weighted by atomic mass is 35.5. The third-order valence-electron chi connectivity index (χ3n) is 1.26. The van der Waals surface area contributed by atoms with Gasteiger partial charge in [-0.2, -0.15) is 0 Å². The highest BCUT2D eigenvalue weighted by Gasteiger charge is 1.98. The normalized spacial score (nSPS) is 9.83. The van der Waals surface area contributed by atoms with Crippen LogP contribution >= 0.6 is 34.5 Å². The van der Waals surface area contributed by atoms with Crippen molar-refractivity contribution in [3.05, 3.63) is 21.3 Å². The Labute approximate surface area is 84.5 Å². The molecular formula is C7H7Cl2NOS. The zero-order valence-electron chi connectivity index (χ0n) is 6.14. The molecule has 0 aliphatic heterocycles. The maximum absolute atomic E-state index is 10.3. The quantitative estimate of drug-likeness (QED) is 0.620. The maximum atomic E-state index is 10.3. The molecule has 0 fully saturated rings. The summed E-state index contributed by atoms with van der Waals surface area (Å²) in [6.45, 7) is 0.555. The zero-order valence-corrected chi connectivity index (χ0v) is 8.47. The van der Waals surface area contributed by atoms with Gasteiger partial charge in [-0.3, -0.25) is 4.79 Å². The van der Waals surface area contributed by atoms with E-state index in [0.717, 1.165) is 15.6 Å². The molecule has 0 aliphatic rings. The number of halogens is 2. The molecule has 0 aromatic carbocycles. The molecule has 1 aromatic heterocycles. The van der Waals surface area contributed by atoms with Gasteiger partial charge in [0.2, 0.25) is 0 Å². The van der Waals surface area contributed by atoms with E-state index in [0.29, 0.717) is 6.54 Å². The van der Waals surface area contributed by atoms with Gasteiger partial charge in [0.05, 0.1) is 4.34 Å². The third kappa shape index (κ3) is 3.43. The lowest BCUT2D eigenvalue weighted by atomic mass is 10.3. The van der Waals surface area contributed by atoms with Crippen molar-refractivity contribution < 1.29 is 4.79 Å². The van der Waals surface area contributed by atoms with E-state index in [-0.39, 0.29) is 0 Å². The van der Waals surface area contributed by atoms with Crippen molar-refractivity contribution in [3.8, 4) is 0 Å². The van der Waals surface area contributed by atoms with Crippen LogP contribution in [0.15, 0.2) is 12.1 Å². The molecule has 0 saturated carbocycles. The van der Waals surface area contributed by atoms with E-state index in [9.17, 15) is 4.79 Å². The number of nitrogens with one attached hydrogen (secondary N) is 1. The Bertz CT molecular complexity index is 274. The summed E-state index contributed by atoms with van der Waals surface area (Å²) in [5.41, 5.74) is 0. The van der Waals surface area contributed by atoms with Gasteiger partial charge in [0.1, 0.15) is 0 Å². The number of thiophene rings is 1. The van der Waals surface area contributed by atoms with Crippen LogP contribution in [-0.4, -0.2) is 11.9 Å². The molecule has 2 nitrogen and oxygen atoms in total. The van der Waals surface area contributed by atoms with Crippen LogP contribution in [0.2, 0.25) is 4.34 Å². The van der Waals surface area contributed by atoms with Gasteiger partial charge in [-0.25, -0.2) is 0 Å². The molecule has 1 aromatic rings. The van der Waals surface area contributed by atoms with Crippen molar-refractivity contribution >= 4 is 39.9 Å². The molecular weight excluding hydrogens is 217 g/mol. The van der Waals surface area contributed by atoms with Crippen molar-refractivity contribution in [1.82, 2.24) is 5.32 Å². The lowest BCUT2D eigenvalue weighted by molar-refractivity contribution is 0.260. The lowest BCUT2D eigenvalue weighted by Gasteiger charge is -1.96. The van der Waals surface area contributed by atoms with Crippen molar-refractivity contribution in [3.63, 3.8) is 0 Å². The third-order valence-corrected chi connectivity index (χ3v) is 2.69. The van der Waals surface area contributed by atoms with E-state index in [4.69, 9.17) is 23.2 Å². The minimum absolute atomic E-state index is 0.516. The van der Waals surface area contributed by atoms with Crippen molar-refractivity contribution in [2.24, 2.45) is 0 Å². The van der Waals surface area contributed by atoms with Crippen LogP contribution < -0.4 is 5.32 Å². The maximum Gasteiger partial charge on any atom is 0.313 e. The molecule has 0 saturated heterocycles. The minimum Gasteiger partial charge on any atom is -0.342 e. The van der Waals surface area contributed by atoms with Crippen molar-refractivity contribution in [2.75, 3.05) is 6.54 Å². The molecule has 0 bridgehead atoms. The average Bonchev–Trinajstić information content (AvgIpc) is 2.35. The number of carbonyl (C=O) groups is 1. The van der Waals surface area contributed by atoms with Gasteiger partial charge in [-0.05, 0) is 30.2 Å². The molecule has 1 N–H and O–H groups in total. The first-order valence-electron chi connectivity index (χ1n) is 3.36. The van der Waals surface area contributed by atoms with Gasteiger partial charge in [-0.15, -0.1) is 11.3 Å². The van der Waals surface area contributed by atoms with E-state index >= 15 is 0 Å². The van der Waals surface area contributed by atoms with Gasteiger partial charge < -0.3 is 5.32 Å². The molecule has 0 radical (unpaired) electrons. The number of carbonyl (C=O) groups excluding carboxylic acids is 1. The van der Waals surface area contributed by atoms with Crippen LogP contribution in [0.1, 0.15) is 4.88 Å². The van der Waals surface area contributed by atoms with Crippen LogP contribution in [0.25, 0.3) is 0 Å². The first-order chi connectivity index (χ1) is 5.68. The average molecular weight is 224 g/mol. The second kappa shape index (κ2) is 4.70. The van der Waals surface area contributed by atoms with Crippen LogP contribution in [0.5, 0.6) is 0 Å². The molecule has 0 aliphatic carbocycles. The SMILES string of the molecule is O=C(Cl)NCCc1ccc(Cl)s1. The second-order valence-corrected chi connectivity index (χ2v) is 4.30. The molecule has 1 heterocycles. The van der Waals surface area contributed by atoms with Crippen LogP contribution in [0.4, 0.5) is 4.79 Å². The fourth-order valence-electron chi connectivity index (χ4n) is 0.770. The smallest absolute Gasteiger partial charge is 0.313 e. The molecule has 5 heteroatoms. The van der Waals surface area contributed by atoms with Gasteiger partial charge in [0.25, 0.3) is 0 Å². The molecule has 0 atom stereocenters. The lowest BCUT2D eigenvalue weighted by Crippen LogP contribution is -2.18. The molecule has 1 amide bonds. The summed E-state index contributed by atoms with van der Waals surface area (Å²) in [5.74, 6) is 0. The molecule has 0 unspecified atom stereocenters. The standard InChI is InChI=1S/C7H7Cl2NOS/c8-6-2-1-5(12-6)3-4-10-7(9)11/h1-2H,3-4H2,(H,10,11). The fraction of sp³-hybridized carbons (Fsp3) is 0.286. The summed E-state index contributed by atoms with van der Waals surface area (Å²) in [4.78, 5) is 11.4. The Kier molecular flexibility index (Phi) is 3.85. The topological polar surface area (TPSA) is 29.1 Å². The summed E-state index contributed by atoms with van der Waals surface area (Å²) >= 11 is 12.3. The summed E-state index contributed by atoms with van der Waals surface area (Å²) in [6, 6.07) is 3.78. The van der Waals surface area contributed by atoms with Crippen LogP contribution in [0.3, 0.4) is 0 Å². The van der Waals surface area contributed by atoms with Crippen molar-refractivity contribution in [1.29, 1.82) is 0 Å². The Morgan fingerprint density at radius 2 is 2.33 bits per heavy atom. The largest absolute Gasteiger partial charge is 0.342 e. The van der Waals surface area contributed by atoms with Crippen molar-refractivity contribution in [2.45, 2.75) is 6.42 Å². The molecule has 0 spiro atoms. The predicted molar refractivity (Wildman–Crippen MR) is 52.3 cm³/mol. The molecule has 66 valence electrons. The van der Waals surface area contributed by atoms with E-state index < -0.39 is 5.37 Å². The van der Waals surface area contributed by atoms with Gasteiger partial charge in [0.15, 0.2) is 0 Å². The number of hydrogen-bond donors (Lipinski definition) is 1. The number of amides is 1. The zero-order chi connectivity index (χ0) is 8.97. The fourth-order valence-corrected chi connectivity index (χ4v) is 1.95. The Morgan fingerprint density at radius 3 is 2.83 bits per heavy atom. The predicted octanol–water partition coefficient (Wildman–Crippen LogP) is 2.89. The summed E-state index contributed by atoms with van der Waals surface area (Å²) in [7, 11) is 0. The first-order valence-corrected chi connectivity index (χ1v) is 4.93. The van der Waals surface area contributed by atoms with Crippen LogP contribution in [0, 0.1) is 0 Å². The summed E-state index contributed by atoms with van der Waals surface area (Å²) in [6.07, 6.45) is 0.774. The summed E-state index contributed by atoms with van der Waals surface area (Å²) in [5, 5.41) is 1.98. The number of rotatable bonds is 3. The van der Waals surface area contributed by atoms with E-state index in [1.807, 2.05) is 12.1 Å². The highest BCUT2D eigenvalue weighted by molar-refractivity contribution is 7.16. The summed E-state index contributed by atoms with van der Waals surface area (Å²) < 4.78 is 0.766. The number of hydrogen-bond acceptors (Lipinski definition) is 2. The Hall–Kier alpha value is -0.250. The van der Waals surface area contributed by atoms with Crippen LogP contribution in [-0.2, 0) is 6.42 Å². The van der Waals surface area contributed by atoms with Gasteiger partial charge in [0, 0.05) is 11.4 Å². The second-order valence-electron chi connectivity index (χ2n) is 2.16. The minimum atomic E-state index is -0.516. The first kappa shape index (κ1) is 9.84. The molecule has 1 rings (SSSR count). The van der Waals surface area contributed by atoms with E-state index in [2.05, 4.69) is 5.32 Å². The monoisotopic (exact) mass is 223 g/mol. The van der Waals surface area contributed by atoms with Gasteiger partial charge in [-0.1, -0.05) is 11.6 Å².